The van der Waals surface area contributed by atoms with Crippen LogP contribution in [-0.4, -0.2) is 42.8 Å². The van der Waals surface area contributed by atoms with Crippen molar-refractivity contribution >= 4 is 32.9 Å². The number of carbonyl (C=O) groups excluding carboxylic acids is 2. The van der Waals surface area contributed by atoms with Gasteiger partial charge in [-0.2, -0.15) is 17.5 Å². The first-order chi connectivity index (χ1) is 20.6. The van der Waals surface area contributed by atoms with E-state index in [9.17, 15) is 31.2 Å². The molecular formula is C32H31F3N2O6S. The highest BCUT2D eigenvalue weighted by Gasteiger charge is 2.41. The number of furan rings is 1. The zero-order chi connectivity index (χ0) is 31.9. The maximum Gasteiger partial charge on any atom is 0.416 e. The standard InChI is InChI=1S/C32H31F3N2O6S/c1-31(2,3)43-30(39)24-15-10-20(17-25(24)21-11-13-23(14-12-21)32(33,34)35)19-36-29(38)26-8-6-16-37(26)44(40,41)28-18-22-7-4-5-9-27(22)42-28/h4-5,7,9-15,17-18,26H,6,8,16,19H2,1-3H3,(H,36,38)/t26-/m0/s1. The second-order valence-electron chi connectivity index (χ2n) is 11.6. The molecule has 1 amide bonds. The van der Waals surface area contributed by atoms with E-state index in [-0.39, 0.29) is 23.7 Å². The van der Waals surface area contributed by atoms with Crippen molar-refractivity contribution in [3.05, 3.63) is 89.5 Å². The molecule has 1 fully saturated rings. The van der Waals surface area contributed by atoms with Crippen molar-refractivity contribution in [3.63, 3.8) is 0 Å². The van der Waals surface area contributed by atoms with Gasteiger partial charge in [0.15, 0.2) is 0 Å². The molecule has 0 radical (unpaired) electrons. The third kappa shape index (κ3) is 6.66. The predicted molar refractivity (Wildman–Crippen MR) is 157 cm³/mol. The van der Waals surface area contributed by atoms with E-state index in [1.165, 1.54) is 24.3 Å². The lowest BCUT2D eigenvalue weighted by Crippen LogP contribution is -2.45. The fraction of sp³-hybridized carbons (Fsp3) is 0.312. The molecule has 3 aromatic carbocycles. The van der Waals surface area contributed by atoms with Gasteiger partial charge in [0.2, 0.25) is 11.0 Å². The first kappa shape index (κ1) is 31.3. The van der Waals surface area contributed by atoms with Gasteiger partial charge in [-0.05, 0) is 80.6 Å². The lowest BCUT2D eigenvalue weighted by Gasteiger charge is -2.22. The van der Waals surface area contributed by atoms with E-state index in [1.807, 2.05) is 0 Å². The van der Waals surface area contributed by atoms with Crippen LogP contribution in [0.4, 0.5) is 13.2 Å². The molecule has 12 heteroatoms. The number of fused-ring (bicyclic) bond motifs is 1. The number of ether oxygens (including phenoxy) is 1. The summed E-state index contributed by atoms with van der Waals surface area (Å²) in [5, 5.41) is 3.17. The van der Waals surface area contributed by atoms with Crippen molar-refractivity contribution in [3.8, 4) is 11.1 Å². The van der Waals surface area contributed by atoms with Gasteiger partial charge in [0.25, 0.3) is 10.0 Å². The van der Waals surface area contributed by atoms with Crippen LogP contribution < -0.4 is 5.32 Å². The van der Waals surface area contributed by atoms with Crippen LogP contribution in [0.1, 0.15) is 55.1 Å². The molecule has 0 unspecified atom stereocenters. The van der Waals surface area contributed by atoms with Gasteiger partial charge in [0.1, 0.15) is 17.2 Å². The summed E-state index contributed by atoms with van der Waals surface area (Å²) >= 11 is 0. The largest absolute Gasteiger partial charge is 0.456 e. The summed E-state index contributed by atoms with van der Waals surface area (Å²) in [4.78, 5) is 26.3. The van der Waals surface area contributed by atoms with E-state index in [0.29, 0.717) is 40.5 Å². The minimum atomic E-state index is -4.52. The zero-order valence-electron chi connectivity index (χ0n) is 24.3. The number of esters is 1. The van der Waals surface area contributed by atoms with Crippen LogP contribution in [0.25, 0.3) is 22.1 Å². The number of halogens is 3. The highest BCUT2D eigenvalue weighted by atomic mass is 32.2. The normalized spacial score (nSPS) is 16.3. The molecule has 44 heavy (non-hydrogen) atoms. The van der Waals surface area contributed by atoms with E-state index in [1.54, 1.807) is 57.2 Å². The van der Waals surface area contributed by atoms with Gasteiger partial charge in [-0.3, -0.25) is 4.79 Å². The lowest BCUT2D eigenvalue weighted by atomic mass is 9.96. The quantitative estimate of drug-likeness (QED) is 0.233. The zero-order valence-corrected chi connectivity index (χ0v) is 25.1. The highest BCUT2D eigenvalue weighted by molar-refractivity contribution is 7.89. The molecule has 232 valence electrons. The molecule has 0 saturated carbocycles. The van der Waals surface area contributed by atoms with E-state index in [0.717, 1.165) is 16.4 Å². The van der Waals surface area contributed by atoms with Gasteiger partial charge < -0.3 is 14.5 Å². The van der Waals surface area contributed by atoms with Crippen LogP contribution in [0, 0.1) is 0 Å². The molecular weight excluding hydrogens is 597 g/mol. The number of hydrogen-bond donors (Lipinski definition) is 1. The summed E-state index contributed by atoms with van der Waals surface area (Å²) in [5.41, 5.74) is 0.156. The van der Waals surface area contributed by atoms with Crippen LogP contribution >= 0.6 is 0 Å². The molecule has 0 aliphatic carbocycles. The monoisotopic (exact) mass is 628 g/mol. The van der Waals surface area contributed by atoms with Crippen molar-refractivity contribution < 1.29 is 40.3 Å². The number of sulfonamides is 1. The fourth-order valence-electron chi connectivity index (χ4n) is 5.09. The van der Waals surface area contributed by atoms with Crippen molar-refractivity contribution in [1.82, 2.24) is 9.62 Å². The van der Waals surface area contributed by atoms with Crippen molar-refractivity contribution in [2.24, 2.45) is 0 Å². The first-order valence-electron chi connectivity index (χ1n) is 14.0. The molecule has 1 atom stereocenters. The number of para-hydroxylation sites is 1. The molecule has 1 aromatic heterocycles. The van der Waals surface area contributed by atoms with Crippen molar-refractivity contribution in [2.75, 3.05) is 6.54 Å². The number of rotatable bonds is 7. The number of nitrogens with zero attached hydrogens (tertiary/aromatic N) is 1. The second kappa shape index (κ2) is 11.7. The Balaban J connectivity index is 1.37. The molecule has 1 N–H and O–H groups in total. The summed E-state index contributed by atoms with van der Waals surface area (Å²) in [7, 11) is -4.09. The number of hydrogen-bond acceptors (Lipinski definition) is 6. The van der Waals surface area contributed by atoms with Crippen LogP contribution in [0.3, 0.4) is 0 Å². The summed E-state index contributed by atoms with van der Waals surface area (Å²) in [6.45, 7) is 5.24. The Morgan fingerprint density at radius 2 is 1.70 bits per heavy atom. The molecule has 5 rings (SSSR count). The number of benzene rings is 3. The highest BCUT2D eigenvalue weighted by Crippen LogP contribution is 2.33. The van der Waals surface area contributed by atoms with Gasteiger partial charge in [0.05, 0.1) is 11.1 Å². The average Bonchev–Trinajstić information content (AvgIpc) is 3.63. The van der Waals surface area contributed by atoms with Crippen LogP contribution in [-0.2, 0) is 32.3 Å². The fourth-order valence-corrected chi connectivity index (χ4v) is 6.69. The summed E-state index contributed by atoms with van der Waals surface area (Å²) < 4.78 is 78.6. The van der Waals surface area contributed by atoms with E-state index in [2.05, 4.69) is 5.32 Å². The Bertz CT molecular complexity index is 1780. The lowest BCUT2D eigenvalue weighted by molar-refractivity contribution is -0.137. The summed E-state index contributed by atoms with van der Waals surface area (Å²) in [6, 6.07) is 16.5. The van der Waals surface area contributed by atoms with Crippen molar-refractivity contribution in [2.45, 2.75) is 63.1 Å². The molecule has 2 heterocycles. The minimum Gasteiger partial charge on any atom is -0.456 e. The number of alkyl halides is 3. The van der Waals surface area contributed by atoms with Crippen LogP contribution in [0.5, 0.6) is 0 Å². The smallest absolute Gasteiger partial charge is 0.416 e. The van der Waals surface area contributed by atoms with Crippen molar-refractivity contribution in [1.29, 1.82) is 0 Å². The van der Waals surface area contributed by atoms with Gasteiger partial charge in [0, 0.05) is 24.5 Å². The van der Waals surface area contributed by atoms with E-state index < -0.39 is 45.3 Å². The Hall–Kier alpha value is -4.16. The summed E-state index contributed by atoms with van der Waals surface area (Å²) in [5.74, 6) is -1.16. The number of nitrogens with one attached hydrogen (secondary N) is 1. The Morgan fingerprint density at radius 1 is 1.00 bits per heavy atom. The van der Waals surface area contributed by atoms with Gasteiger partial charge >= 0.3 is 12.1 Å². The molecule has 4 aromatic rings. The molecule has 0 bridgehead atoms. The molecule has 8 nitrogen and oxygen atoms in total. The van der Waals surface area contributed by atoms with Gasteiger partial charge in [-0.15, -0.1) is 0 Å². The molecule has 1 saturated heterocycles. The van der Waals surface area contributed by atoms with Gasteiger partial charge in [-0.25, -0.2) is 13.2 Å². The Kier molecular flexibility index (Phi) is 8.34. The van der Waals surface area contributed by atoms with Gasteiger partial charge in [-0.1, -0.05) is 36.4 Å². The van der Waals surface area contributed by atoms with Crippen LogP contribution in [0.2, 0.25) is 0 Å². The molecule has 1 aliphatic rings. The Morgan fingerprint density at radius 3 is 2.36 bits per heavy atom. The first-order valence-corrected chi connectivity index (χ1v) is 15.4. The predicted octanol–water partition coefficient (Wildman–Crippen LogP) is 6.54. The van der Waals surface area contributed by atoms with E-state index in [4.69, 9.17) is 9.15 Å². The molecule has 1 aliphatic heterocycles. The number of carbonyl (C=O) groups is 2. The SMILES string of the molecule is CC(C)(C)OC(=O)c1ccc(CNC(=O)[C@@H]2CCCN2S(=O)(=O)c2cc3ccccc3o2)cc1-c1ccc(C(F)(F)F)cc1. The van der Waals surface area contributed by atoms with E-state index >= 15 is 0 Å². The second-order valence-corrected chi connectivity index (χ2v) is 13.4. The third-order valence-corrected chi connectivity index (χ3v) is 8.93. The topological polar surface area (TPSA) is 106 Å². The Labute approximate surface area is 252 Å². The van der Waals surface area contributed by atoms with Crippen LogP contribution in [0.15, 0.2) is 82.3 Å². The minimum absolute atomic E-state index is 0.0178. The number of amides is 1. The average molecular weight is 629 g/mol. The summed E-state index contributed by atoms with van der Waals surface area (Å²) in [6.07, 6.45) is -3.72. The maximum atomic E-state index is 13.4. The molecule has 0 spiro atoms. The third-order valence-electron chi connectivity index (χ3n) is 7.16. The maximum absolute atomic E-state index is 13.4.